The largest absolute Gasteiger partial charge is 0.305 e. The van der Waals surface area contributed by atoms with Crippen LogP contribution in [0, 0.1) is 0 Å². The van der Waals surface area contributed by atoms with E-state index in [-0.39, 0.29) is 10.8 Å². The van der Waals surface area contributed by atoms with Gasteiger partial charge in [0.05, 0.1) is 28.9 Å². The summed E-state index contributed by atoms with van der Waals surface area (Å²) in [5.74, 6) is 0. The van der Waals surface area contributed by atoms with Crippen molar-refractivity contribution in [3.63, 3.8) is 0 Å². The van der Waals surface area contributed by atoms with E-state index in [1.165, 1.54) is 49.2 Å². The summed E-state index contributed by atoms with van der Waals surface area (Å²) < 4.78 is 2.37. The molecular formula is C26H31N3. The van der Waals surface area contributed by atoms with Crippen molar-refractivity contribution in [3.05, 3.63) is 54.1 Å². The molecular weight excluding hydrogens is 354 g/mol. The Morgan fingerprint density at radius 1 is 0.655 bits per heavy atom. The lowest BCUT2D eigenvalue weighted by Crippen LogP contribution is -2.12. The zero-order valence-corrected chi connectivity index (χ0v) is 18.9. The highest BCUT2D eigenvalue weighted by molar-refractivity contribution is 6.24. The van der Waals surface area contributed by atoms with Crippen LogP contribution in [0.15, 0.2) is 43.0 Å². The van der Waals surface area contributed by atoms with Crippen LogP contribution in [0.1, 0.15) is 66.5 Å². The molecule has 0 aliphatic heterocycles. The molecule has 1 aromatic carbocycles. The summed E-state index contributed by atoms with van der Waals surface area (Å²) in [5.41, 5.74) is 6.31. The van der Waals surface area contributed by atoms with Crippen LogP contribution in [0.2, 0.25) is 0 Å². The first-order valence-electron chi connectivity index (χ1n) is 10.6. The molecule has 150 valence electrons. The van der Waals surface area contributed by atoms with Gasteiger partial charge in [-0.3, -0.25) is 9.97 Å². The van der Waals surface area contributed by atoms with Gasteiger partial charge in [-0.05, 0) is 22.0 Å². The quantitative estimate of drug-likeness (QED) is 0.281. The second-order valence-corrected chi connectivity index (χ2v) is 9.70. The maximum absolute atomic E-state index is 4.61. The molecule has 0 bridgehead atoms. The summed E-state index contributed by atoms with van der Waals surface area (Å²) in [6.45, 7) is 17.6. The summed E-state index contributed by atoms with van der Waals surface area (Å²) in [6.07, 6.45) is 8.08. The van der Waals surface area contributed by atoms with Gasteiger partial charge >= 0.3 is 0 Å². The van der Waals surface area contributed by atoms with E-state index >= 15 is 0 Å². The average Bonchev–Trinajstić information content (AvgIpc) is 3.19. The minimum absolute atomic E-state index is 0.0369. The lowest BCUT2D eigenvalue weighted by molar-refractivity contribution is 0.593. The van der Waals surface area contributed by atoms with Crippen LogP contribution in [0.3, 0.4) is 0 Å². The van der Waals surface area contributed by atoms with Crippen molar-refractivity contribution in [3.8, 4) is 0 Å². The highest BCUT2D eigenvalue weighted by atomic mass is 14.9. The number of aromatic nitrogens is 3. The number of fused-ring (bicyclic) bond motifs is 6. The van der Waals surface area contributed by atoms with Gasteiger partial charge in [-0.15, -0.1) is 0 Å². The van der Waals surface area contributed by atoms with Gasteiger partial charge in [0, 0.05) is 33.9 Å². The van der Waals surface area contributed by atoms with Crippen LogP contribution in [0.5, 0.6) is 0 Å². The summed E-state index contributed by atoms with van der Waals surface area (Å²) in [4.78, 5) is 9.22. The smallest absolute Gasteiger partial charge is 0.0728 e. The second-order valence-electron chi connectivity index (χ2n) is 9.70. The van der Waals surface area contributed by atoms with Crippen molar-refractivity contribution >= 4 is 38.1 Å². The fraction of sp³-hybridized carbons (Fsp3) is 0.385. The Hall–Kier alpha value is -2.68. The zero-order valence-electron chi connectivity index (χ0n) is 18.9. The lowest BCUT2D eigenvalue weighted by atomic mass is 9.84. The third-order valence-electron chi connectivity index (χ3n) is 5.75. The zero-order chi connectivity index (χ0) is 21.1. The molecule has 3 nitrogen and oxygen atoms in total. The maximum Gasteiger partial charge on any atom is 0.0728 e. The number of pyridine rings is 2. The normalized spacial score (nSPS) is 12.8. The van der Waals surface area contributed by atoms with E-state index in [1.54, 1.807) is 0 Å². The molecule has 0 fully saturated rings. The Bertz CT molecular complexity index is 1230. The molecule has 0 aliphatic rings. The van der Waals surface area contributed by atoms with Crippen molar-refractivity contribution in [2.75, 3.05) is 0 Å². The standard InChI is InChI=1S/C24H25N3.C2H6/c1-23(2,3)16-10-25-12-18-20(16)14-8-7-9-15-21-17(24(4,5)6)11-26-13-19(21)27(18)22(14)15;1-2/h7-13H,1-6H3;1-2H3. The predicted octanol–water partition coefficient (Wildman–Crippen LogP) is 7.25. The fourth-order valence-corrected chi connectivity index (χ4v) is 4.50. The van der Waals surface area contributed by atoms with E-state index < -0.39 is 0 Å². The minimum Gasteiger partial charge on any atom is -0.305 e. The number of benzene rings is 1. The van der Waals surface area contributed by atoms with E-state index in [0.717, 1.165) is 0 Å². The summed E-state index contributed by atoms with van der Waals surface area (Å²) in [5, 5.41) is 5.26. The SMILES string of the molecule is CC.CC(C)(C)c1cncc2c1c1cccc3c4c(C(C)(C)C)cncc4n2c13. The monoisotopic (exact) mass is 385 g/mol. The van der Waals surface area contributed by atoms with Gasteiger partial charge in [0.2, 0.25) is 0 Å². The van der Waals surface area contributed by atoms with Gasteiger partial charge < -0.3 is 4.40 Å². The third-order valence-corrected chi connectivity index (χ3v) is 5.75. The summed E-state index contributed by atoms with van der Waals surface area (Å²) in [6, 6.07) is 6.70. The lowest BCUT2D eigenvalue weighted by Gasteiger charge is -2.21. The molecule has 5 rings (SSSR count). The van der Waals surface area contributed by atoms with Gasteiger partial charge in [-0.2, -0.15) is 0 Å². The molecule has 3 heteroatoms. The first-order chi connectivity index (χ1) is 13.7. The van der Waals surface area contributed by atoms with Crippen molar-refractivity contribution < 1.29 is 0 Å². The van der Waals surface area contributed by atoms with Crippen molar-refractivity contribution in [2.24, 2.45) is 0 Å². The van der Waals surface area contributed by atoms with Gasteiger partial charge in [0.25, 0.3) is 0 Å². The molecule has 0 saturated carbocycles. The van der Waals surface area contributed by atoms with Gasteiger partial charge in [-0.1, -0.05) is 73.6 Å². The molecule has 0 spiro atoms. The topological polar surface area (TPSA) is 30.2 Å². The van der Waals surface area contributed by atoms with Crippen molar-refractivity contribution in [2.45, 2.75) is 66.2 Å². The molecule has 0 atom stereocenters. The van der Waals surface area contributed by atoms with E-state index in [9.17, 15) is 0 Å². The van der Waals surface area contributed by atoms with Gasteiger partial charge in [0.15, 0.2) is 0 Å². The minimum atomic E-state index is 0.0369. The summed E-state index contributed by atoms with van der Waals surface area (Å²) >= 11 is 0. The highest BCUT2D eigenvalue weighted by Crippen LogP contribution is 2.44. The molecule has 0 N–H and O–H groups in total. The molecule has 4 aromatic heterocycles. The Balaban J connectivity index is 0.000000994. The van der Waals surface area contributed by atoms with Crippen LogP contribution in [-0.4, -0.2) is 14.4 Å². The van der Waals surface area contributed by atoms with Crippen LogP contribution in [-0.2, 0) is 10.8 Å². The van der Waals surface area contributed by atoms with Crippen LogP contribution >= 0.6 is 0 Å². The third kappa shape index (κ3) is 2.71. The number of para-hydroxylation sites is 1. The van der Waals surface area contributed by atoms with Gasteiger partial charge in [-0.25, -0.2) is 0 Å². The number of nitrogens with zero attached hydrogens (tertiary/aromatic N) is 3. The van der Waals surface area contributed by atoms with E-state index in [1.807, 2.05) is 38.6 Å². The Morgan fingerprint density at radius 2 is 1.07 bits per heavy atom. The fourth-order valence-electron chi connectivity index (χ4n) is 4.50. The number of hydrogen-bond acceptors (Lipinski definition) is 2. The second kappa shape index (κ2) is 6.41. The number of hydrogen-bond donors (Lipinski definition) is 0. The van der Waals surface area contributed by atoms with Crippen LogP contribution in [0.25, 0.3) is 38.1 Å². The Labute approximate surface area is 173 Å². The van der Waals surface area contributed by atoms with Crippen molar-refractivity contribution in [1.82, 2.24) is 14.4 Å². The Morgan fingerprint density at radius 3 is 1.45 bits per heavy atom. The highest BCUT2D eigenvalue weighted by Gasteiger charge is 2.26. The molecule has 0 aliphatic carbocycles. The molecule has 5 aromatic rings. The number of rotatable bonds is 0. The molecule has 0 radical (unpaired) electrons. The molecule has 0 unspecified atom stereocenters. The molecule has 0 saturated heterocycles. The van der Waals surface area contributed by atoms with E-state index in [4.69, 9.17) is 0 Å². The molecule has 29 heavy (non-hydrogen) atoms. The predicted molar refractivity (Wildman–Crippen MR) is 125 cm³/mol. The van der Waals surface area contributed by atoms with E-state index in [2.05, 4.69) is 74.1 Å². The van der Waals surface area contributed by atoms with Crippen molar-refractivity contribution in [1.29, 1.82) is 0 Å². The van der Waals surface area contributed by atoms with Crippen LogP contribution < -0.4 is 0 Å². The van der Waals surface area contributed by atoms with E-state index in [0.29, 0.717) is 0 Å². The molecule has 4 heterocycles. The van der Waals surface area contributed by atoms with Crippen LogP contribution in [0.4, 0.5) is 0 Å². The first kappa shape index (κ1) is 19.6. The van der Waals surface area contributed by atoms with Gasteiger partial charge in [0.1, 0.15) is 0 Å². The molecule has 0 amide bonds. The average molecular weight is 386 g/mol. The Kier molecular flexibility index (Phi) is 4.34. The summed E-state index contributed by atoms with van der Waals surface area (Å²) in [7, 11) is 0. The first-order valence-corrected chi connectivity index (χ1v) is 10.6. The maximum atomic E-state index is 4.61.